The summed E-state index contributed by atoms with van der Waals surface area (Å²) in [5.41, 5.74) is 3.86. The molecule has 0 unspecified atom stereocenters. The number of rotatable bonds is 5. The fourth-order valence-electron chi connectivity index (χ4n) is 3.08. The lowest BCUT2D eigenvalue weighted by Gasteiger charge is -2.05. The number of amides is 1. The molecule has 3 aromatic carbocycles. The van der Waals surface area contributed by atoms with Crippen LogP contribution in [-0.2, 0) is 0 Å². The second-order valence-electron chi connectivity index (χ2n) is 6.45. The van der Waals surface area contributed by atoms with Gasteiger partial charge in [0.1, 0.15) is 0 Å². The van der Waals surface area contributed by atoms with Crippen molar-refractivity contribution in [3.63, 3.8) is 0 Å². The minimum absolute atomic E-state index is 0.197. The number of carboxylic acid groups (broad SMARTS) is 1. The molecule has 0 saturated carbocycles. The van der Waals surface area contributed by atoms with E-state index in [4.69, 9.17) is 5.11 Å². The Balaban J connectivity index is 1.61. The van der Waals surface area contributed by atoms with Crippen LogP contribution in [0.1, 0.15) is 27.2 Å². The number of ketones is 1. The van der Waals surface area contributed by atoms with Crippen molar-refractivity contribution in [3.05, 3.63) is 95.2 Å². The minimum atomic E-state index is -1.18. The van der Waals surface area contributed by atoms with Gasteiger partial charge in [0.25, 0.3) is 0 Å². The van der Waals surface area contributed by atoms with Gasteiger partial charge in [0, 0.05) is 22.2 Å². The van der Waals surface area contributed by atoms with Crippen LogP contribution in [0.15, 0.2) is 72.8 Å². The van der Waals surface area contributed by atoms with E-state index >= 15 is 0 Å². The normalized spacial score (nSPS) is 11.0. The molecule has 0 aliphatic heterocycles. The summed E-state index contributed by atoms with van der Waals surface area (Å²) in [4.78, 5) is 23.6. The number of aromatic amines is 1. The first-order valence-electron chi connectivity index (χ1n) is 8.96. The van der Waals surface area contributed by atoms with E-state index in [9.17, 15) is 9.59 Å². The van der Waals surface area contributed by atoms with Gasteiger partial charge in [0.15, 0.2) is 5.78 Å². The zero-order chi connectivity index (χ0) is 20.2. The summed E-state index contributed by atoms with van der Waals surface area (Å²) in [6, 6.07) is 21.7. The molecule has 0 bridgehead atoms. The van der Waals surface area contributed by atoms with Crippen molar-refractivity contribution in [2.45, 2.75) is 0 Å². The maximum atomic E-state index is 12.8. The number of aromatic nitrogens is 2. The lowest BCUT2D eigenvalue weighted by atomic mass is 10.0. The lowest BCUT2D eigenvalue weighted by Crippen LogP contribution is -2.08. The monoisotopic (exact) mass is 383 g/mol. The summed E-state index contributed by atoms with van der Waals surface area (Å²) in [7, 11) is 0. The van der Waals surface area contributed by atoms with Crippen molar-refractivity contribution in [2.24, 2.45) is 0 Å². The predicted octanol–water partition coefficient (Wildman–Crippen LogP) is 5.05. The fourth-order valence-corrected chi connectivity index (χ4v) is 3.08. The molecule has 29 heavy (non-hydrogen) atoms. The Bertz CT molecular complexity index is 1230. The Hall–Kier alpha value is -4.19. The zero-order valence-electron chi connectivity index (χ0n) is 15.3. The lowest BCUT2D eigenvalue weighted by molar-refractivity contribution is 0.103. The number of nitrogens with zero attached hydrogens (tertiary/aromatic N) is 1. The van der Waals surface area contributed by atoms with E-state index in [2.05, 4.69) is 15.5 Å². The number of carbonyl (C=O) groups excluding carboxylic acids is 1. The van der Waals surface area contributed by atoms with Crippen molar-refractivity contribution in [3.8, 4) is 0 Å². The second kappa shape index (κ2) is 7.82. The van der Waals surface area contributed by atoms with Crippen LogP contribution in [0.25, 0.3) is 23.1 Å². The first-order valence-corrected chi connectivity index (χ1v) is 8.96. The van der Waals surface area contributed by atoms with E-state index in [1.807, 2.05) is 48.6 Å². The summed E-state index contributed by atoms with van der Waals surface area (Å²) >= 11 is 0. The molecule has 142 valence electrons. The Morgan fingerprint density at radius 3 is 2.48 bits per heavy atom. The molecular formula is C23H17N3O3. The Morgan fingerprint density at radius 1 is 0.897 bits per heavy atom. The number of benzene rings is 3. The van der Waals surface area contributed by atoms with Crippen LogP contribution in [0.4, 0.5) is 10.5 Å². The van der Waals surface area contributed by atoms with Gasteiger partial charge >= 0.3 is 6.09 Å². The van der Waals surface area contributed by atoms with Crippen molar-refractivity contribution in [1.29, 1.82) is 0 Å². The quantitative estimate of drug-likeness (QED) is 0.420. The summed E-state index contributed by atoms with van der Waals surface area (Å²) in [6.45, 7) is 0. The molecule has 0 saturated heterocycles. The van der Waals surface area contributed by atoms with Gasteiger partial charge in [-0.2, -0.15) is 5.10 Å². The highest BCUT2D eigenvalue weighted by molar-refractivity contribution is 6.11. The highest BCUT2D eigenvalue weighted by atomic mass is 16.4. The van der Waals surface area contributed by atoms with Gasteiger partial charge in [-0.25, -0.2) is 4.79 Å². The molecule has 4 rings (SSSR count). The summed E-state index contributed by atoms with van der Waals surface area (Å²) in [5, 5.41) is 19.3. The third kappa shape index (κ3) is 4.06. The average molecular weight is 383 g/mol. The van der Waals surface area contributed by atoms with E-state index in [1.54, 1.807) is 30.3 Å². The molecule has 1 amide bonds. The molecule has 0 radical (unpaired) electrons. The number of carbonyl (C=O) groups is 2. The molecule has 6 nitrogen and oxygen atoms in total. The number of hydrogen-bond donors (Lipinski definition) is 3. The van der Waals surface area contributed by atoms with Gasteiger partial charge in [0.2, 0.25) is 0 Å². The van der Waals surface area contributed by atoms with E-state index in [1.165, 1.54) is 6.07 Å². The summed E-state index contributed by atoms with van der Waals surface area (Å²) in [5.74, 6) is -0.197. The van der Waals surface area contributed by atoms with Crippen LogP contribution in [-0.4, -0.2) is 27.2 Å². The minimum Gasteiger partial charge on any atom is -0.465 e. The molecule has 3 N–H and O–H groups in total. The van der Waals surface area contributed by atoms with Crippen LogP contribution < -0.4 is 5.32 Å². The van der Waals surface area contributed by atoms with Crippen LogP contribution in [0.5, 0.6) is 0 Å². The third-order valence-electron chi connectivity index (χ3n) is 4.46. The zero-order valence-corrected chi connectivity index (χ0v) is 15.3. The number of H-pyrrole nitrogens is 1. The highest BCUT2D eigenvalue weighted by Crippen LogP contribution is 2.22. The molecule has 6 heteroatoms. The van der Waals surface area contributed by atoms with E-state index in [0.29, 0.717) is 16.8 Å². The molecule has 0 spiro atoms. The third-order valence-corrected chi connectivity index (χ3v) is 4.46. The highest BCUT2D eigenvalue weighted by Gasteiger charge is 2.12. The molecule has 4 aromatic rings. The topological polar surface area (TPSA) is 95.1 Å². The number of anilines is 1. The van der Waals surface area contributed by atoms with Crippen LogP contribution in [0.2, 0.25) is 0 Å². The van der Waals surface area contributed by atoms with Gasteiger partial charge < -0.3 is 5.11 Å². The SMILES string of the molecule is O=C(O)Nc1cccc(C(=O)c2ccc3c(/C=C/c4ccccc4)n[nH]c3c2)c1. The standard InChI is InChI=1S/C23H17N3O3/c27-22(16-7-4-8-18(13-16)24-23(28)29)17-10-11-19-20(25-26-21(19)14-17)12-9-15-5-2-1-3-6-15/h1-14,24H,(H,25,26)(H,28,29)/b12-9+. The van der Waals surface area contributed by atoms with Gasteiger partial charge in [-0.1, -0.05) is 54.6 Å². The maximum Gasteiger partial charge on any atom is 0.409 e. The largest absolute Gasteiger partial charge is 0.465 e. The number of fused-ring (bicyclic) bond motifs is 1. The Morgan fingerprint density at radius 2 is 1.69 bits per heavy atom. The van der Waals surface area contributed by atoms with Crippen molar-refractivity contribution in [2.75, 3.05) is 5.32 Å². The first kappa shape index (κ1) is 18.2. The molecule has 1 aromatic heterocycles. The van der Waals surface area contributed by atoms with Gasteiger partial charge in [-0.05, 0) is 35.9 Å². The molecular weight excluding hydrogens is 366 g/mol. The fraction of sp³-hybridized carbons (Fsp3) is 0. The second-order valence-corrected chi connectivity index (χ2v) is 6.45. The van der Waals surface area contributed by atoms with E-state index in [-0.39, 0.29) is 5.78 Å². The average Bonchev–Trinajstić information content (AvgIpc) is 3.14. The molecule has 0 aliphatic carbocycles. The van der Waals surface area contributed by atoms with Crippen LogP contribution in [0.3, 0.4) is 0 Å². The van der Waals surface area contributed by atoms with E-state index in [0.717, 1.165) is 22.2 Å². The summed E-state index contributed by atoms with van der Waals surface area (Å²) in [6.07, 6.45) is 2.73. The number of hydrogen-bond acceptors (Lipinski definition) is 3. The van der Waals surface area contributed by atoms with Crippen molar-refractivity contribution in [1.82, 2.24) is 10.2 Å². The van der Waals surface area contributed by atoms with Crippen molar-refractivity contribution < 1.29 is 14.7 Å². The van der Waals surface area contributed by atoms with Gasteiger partial charge in [-0.15, -0.1) is 0 Å². The first-order chi connectivity index (χ1) is 14.1. The molecule has 1 heterocycles. The maximum absolute atomic E-state index is 12.8. The predicted molar refractivity (Wildman–Crippen MR) is 113 cm³/mol. The smallest absolute Gasteiger partial charge is 0.409 e. The molecule has 0 atom stereocenters. The van der Waals surface area contributed by atoms with Crippen LogP contribution >= 0.6 is 0 Å². The van der Waals surface area contributed by atoms with Crippen LogP contribution in [0, 0.1) is 0 Å². The van der Waals surface area contributed by atoms with Crippen molar-refractivity contribution >= 4 is 40.6 Å². The Labute approximate surface area is 166 Å². The Kier molecular flexibility index (Phi) is 4.90. The van der Waals surface area contributed by atoms with Gasteiger partial charge in [0.05, 0.1) is 11.2 Å². The molecule has 0 aliphatic rings. The van der Waals surface area contributed by atoms with E-state index < -0.39 is 6.09 Å². The molecule has 0 fully saturated rings. The number of nitrogens with one attached hydrogen (secondary N) is 2. The van der Waals surface area contributed by atoms with Gasteiger partial charge in [-0.3, -0.25) is 15.2 Å². The summed E-state index contributed by atoms with van der Waals surface area (Å²) < 4.78 is 0.